The Hall–Kier alpha value is -6.45. The first-order valence-corrected chi connectivity index (χ1v) is 20.2. The molecule has 0 fully saturated rings. The minimum absolute atomic E-state index is 0.0503. The van der Waals surface area contributed by atoms with E-state index >= 15 is 0 Å². The molecule has 6 aromatic rings. The van der Waals surface area contributed by atoms with Gasteiger partial charge in [0.25, 0.3) is 11.8 Å². The number of ether oxygens (including phenoxy) is 1. The lowest BCUT2D eigenvalue weighted by Crippen LogP contribution is -2.30. The molecule has 11 heteroatoms. The number of fused-ring (bicyclic) bond motifs is 1. The van der Waals surface area contributed by atoms with Crippen LogP contribution in [0.5, 0.6) is 5.75 Å². The molecule has 7 rings (SSSR count). The first-order valence-electron chi connectivity index (χ1n) is 18.4. The fourth-order valence-corrected chi connectivity index (χ4v) is 8.33. The molecule has 2 heterocycles. The molecule has 3 N–H and O–H groups in total. The van der Waals surface area contributed by atoms with Gasteiger partial charge < -0.3 is 20.7 Å². The van der Waals surface area contributed by atoms with Gasteiger partial charge in [0.2, 0.25) is 5.91 Å². The first kappa shape index (κ1) is 38.8. The normalized spacial score (nSPS) is 12.5. The van der Waals surface area contributed by atoms with Crippen molar-refractivity contribution in [3.8, 4) is 11.8 Å². The van der Waals surface area contributed by atoms with Gasteiger partial charge in [-0.15, -0.1) is 23.1 Å². The van der Waals surface area contributed by atoms with Crippen LogP contribution in [0.2, 0.25) is 0 Å². The van der Waals surface area contributed by atoms with Gasteiger partial charge in [0.15, 0.2) is 0 Å². The van der Waals surface area contributed by atoms with E-state index in [-0.39, 0.29) is 17.4 Å². The fourth-order valence-electron chi connectivity index (χ4n) is 6.32. The molecule has 0 unspecified atom stereocenters. The second-order valence-electron chi connectivity index (χ2n) is 13.3. The smallest absolute Gasteiger partial charge is 0.272 e. The number of thioether (sulfide) groups is 1. The third-order valence-electron chi connectivity index (χ3n) is 9.18. The summed E-state index contributed by atoms with van der Waals surface area (Å²) in [6.07, 6.45) is 2.37. The molecule has 9 nitrogen and oxygen atoms in total. The Morgan fingerprint density at radius 1 is 0.825 bits per heavy atom. The van der Waals surface area contributed by atoms with Gasteiger partial charge in [0.1, 0.15) is 29.1 Å². The zero-order chi connectivity index (χ0) is 39.4. The van der Waals surface area contributed by atoms with Gasteiger partial charge in [-0.05, 0) is 77.2 Å². The van der Waals surface area contributed by atoms with Gasteiger partial charge in [-0.1, -0.05) is 97.1 Å². The number of benzene rings is 5. The Bertz CT molecular complexity index is 2410. The van der Waals surface area contributed by atoms with Crippen LogP contribution in [0.3, 0.4) is 0 Å². The third kappa shape index (κ3) is 10.7. The molecule has 0 bridgehead atoms. The minimum Gasteiger partial charge on any atom is -0.489 e. The van der Waals surface area contributed by atoms with E-state index in [1.807, 2.05) is 84.9 Å². The molecule has 57 heavy (non-hydrogen) atoms. The highest BCUT2D eigenvalue weighted by Crippen LogP contribution is 2.37. The maximum atomic E-state index is 13.7. The van der Waals surface area contributed by atoms with Crippen LogP contribution < -0.4 is 20.7 Å². The number of carbonyl (C=O) groups is 3. The van der Waals surface area contributed by atoms with Crippen molar-refractivity contribution in [2.75, 3.05) is 22.9 Å². The predicted molar refractivity (Wildman–Crippen MR) is 227 cm³/mol. The second kappa shape index (κ2) is 18.9. The summed E-state index contributed by atoms with van der Waals surface area (Å²) in [5.74, 6) is -0.392. The zero-order valence-corrected chi connectivity index (χ0v) is 32.6. The summed E-state index contributed by atoms with van der Waals surface area (Å²) in [7, 11) is 0. The number of hydrogen-bond donors (Lipinski definition) is 3. The molecule has 3 amide bonds. The van der Waals surface area contributed by atoms with Gasteiger partial charge >= 0.3 is 0 Å². The maximum Gasteiger partial charge on any atom is 0.272 e. The van der Waals surface area contributed by atoms with Crippen LogP contribution in [0.25, 0.3) is 6.08 Å². The lowest BCUT2D eigenvalue weighted by atomic mass is 10.0. The van der Waals surface area contributed by atoms with Crippen LogP contribution in [0.1, 0.15) is 43.1 Å². The Kier molecular flexibility index (Phi) is 12.9. The summed E-state index contributed by atoms with van der Waals surface area (Å²) in [4.78, 5) is 44.3. The Morgan fingerprint density at radius 3 is 2.25 bits per heavy atom. The second-order valence-corrected chi connectivity index (χ2v) is 15.5. The predicted octanol–water partition coefficient (Wildman–Crippen LogP) is 8.90. The van der Waals surface area contributed by atoms with Crippen LogP contribution in [-0.4, -0.2) is 34.9 Å². The molecular weight excluding hydrogens is 751 g/mol. The molecule has 0 spiro atoms. The summed E-state index contributed by atoms with van der Waals surface area (Å²) >= 11 is 2.79. The monoisotopic (exact) mass is 789 g/mol. The highest BCUT2D eigenvalue weighted by Gasteiger charge is 2.25. The van der Waals surface area contributed by atoms with Gasteiger partial charge in [0.05, 0.1) is 11.3 Å². The van der Waals surface area contributed by atoms with Crippen molar-refractivity contribution < 1.29 is 19.1 Å². The average Bonchev–Trinajstić information content (AvgIpc) is 3.59. The Labute approximate surface area is 340 Å². The van der Waals surface area contributed by atoms with E-state index in [9.17, 15) is 19.6 Å². The van der Waals surface area contributed by atoms with E-state index in [1.54, 1.807) is 48.5 Å². The molecule has 5 aromatic carbocycles. The standard InChI is InChI=1S/C46H39N5O4S2/c47-27-40-39-23-24-51(28-33-11-4-1-5-12-33)29-42(39)57-46(40)50-43(52)31-56-38-18-10-17-36(26-38)48-45(54)41(49-44(53)35-15-8-3-9-16-35)25-32-19-21-37(22-20-32)55-30-34-13-6-2-7-14-34/h1-22,25-26H,23-24,28-31H2,(H,48,54)(H,49,53)(H,50,52)/b41-25+. The van der Waals surface area contributed by atoms with Crippen LogP contribution in [0.4, 0.5) is 10.7 Å². The molecule has 0 saturated carbocycles. The minimum atomic E-state index is -0.517. The highest BCUT2D eigenvalue weighted by molar-refractivity contribution is 8.00. The number of nitriles is 1. The van der Waals surface area contributed by atoms with Gasteiger partial charge in [-0.3, -0.25) is 19.3 Å². The number of thiophene rings is 1. The largest absolute Gasteiger partial charge is 0.489 e. The van der Waals surface area contributed by atoms with Crippen molar-refractivity contribution in [2.45, 2.75) is 31.0 Å². The van der Waals surface area contributed by atoms with Crippen molar-refractivity contribution in [3.05, 3.63) is 183 Å². The van der Waals surface area contributed by atoms with Crippen LogP contribution in [0, 0.1) is 11.3 Å². The molecular formula is C46H39N5O4S2. The van der Waals surface area contributed by atoms with E-state index in [4.69, 9.17) is 4.74 Å². The topological polar surface area (TPSA) is 124 Å². The number of rotatable bonds is 14. The van der Waals surface area contributed by atoms with Crippen LogP contribution in [-0.2, 0) is 35.7 Å². The molecule has 1 aliphatic heterocycles. The summed E-state index contributed by atoms with van der Waals surface area (Å²) in [5, 5.41) is 19.2. The van der Waals surface area contributed by atoms with E-state index in [0.29, 0.717) is 39.7 Å². The number of nitrogens with zero attached hydrogens (tertiary/aromatic N) is 2. The lowest BCUT2D eigenvalue weighted by Gasteiger charge is -2.26. The van der Waals surface area contributed by atoms with Crippen molar-refractivity contribution in [1.29, 1.82) is 5.26 Å². The molecule has 0 atom stereocenters. The number of amides is 3. The van der Waals surface area contributed by atoms with E-state index in [2.05, 4.69) is 39.1 Å². The lowest BCUT2D eigenvalue weighted by molar-refractivity contribution is -0.114. The van der Waals surface area contributed by atoms with E-state index in [1.165, 1.54) is 28.7 Å². The van der Waals surface area contributed by atoms with Gasteiger partial charge in [-0.25, -0.2) is 0 Å². The van der Waals surface area contributed by atoms with Crippen molar-refractivity contribution in [1.82, 2.24) is 10.2 Å². The number of hydrogen-bond acceptors (Lipinski definition) is 8. The molecule has 1 aliphatic rings. The summed E-state index contributed by atoms with van der Waals surface area (Å²) < 4.78 is 5.91. The number of anilines is 2. The molecule has 1 aromatic heterocycles. The summed E-state index contributed by atoms with van der Waals surface area (Å²) in [6.45, 7) is 2.83. The number of nitrogens with one attached hydrogen (secondary N) is 3. The van der Waals surface area contributed by atoms with Crippen LogP contribution in [0.15, 0.2) is 150 Å². The molecule has 0 radical (unpaired) electrons. The maximum absolute atomic E-state index is 13.7. The van der Waals surface area contributed by atoms with E-state index in [0.717, 1.165) is 47.0 Å². The summed E-state index contributed by atoms with van der Waals surface area (Å²) in [6, 6.07) is 45.6. The van der Waals surface area contributed by atoms with Crippen LogP contribution >= 0.6 is 23.1 Å². The zero-order valence-electron chi connectivity index (χ0n) is 30.9. The van der Waals surface area contributed by atoms with Gasteiger partial charge in [0, 0.05) is 40.7 Å². The first-order chi connectivity index (χ1) is 27.9. The average molecular weight is 790 g/mol. The fraction of sp³-hybridized carbons (Fsp3) is 0.130. The van der Waals surface area contributed by atoms with Crippen molar-refractivity contribution >= 4 is 57.6 Å². The highest BCUT2D eigenvalue weighted by atomic mass is 32.2. The Balaban J connectivity index is 0.983. The van der Waals surface area contributed by atoms with E-state index < -0.39 is 11.8 Å². The quantitative estimate of drug-likeness (QED) is 0.0744. The molecule has 0 aliphatic carbocycles. The van der Waals surface area contributed by atoms with Gasteiger partial charge in [-0.2, -0.15) is 5.26 Å². The van der Waals surface area contributed by atoms with Crippen molar-refractivity contribution in [3.63, 3.8) is 0 Å². The SMILES string of the molecule is N#Cc1c(NC(=O)CSc2cccc(NC(=O)/C(=C\c3ccc(OCc4ccccc4)cc3)NC(=O)c3ccccc3)c2)sc2c1CCN(Cc1ccccc1)C2. The van der Waals surface area contributed by atoms with Crippen molar-refractivity contribution in [2.24, 2.45) is 0 Å². The molecule has 284 valence electrons. The summed E-state index contributed by atoms with van der Waals surface area (Å²) in [5.41, 5.74) is 5.50. The third-order valence-corrected chi connectivity index (χ3v) is 11.3. The molecule has 0 saturated heterocycles. The number of carbonyl (C=O) groups excluding carboxylic acids is 3. The Morgan fingerprint density at radius 2 is 1.53 bits per heavy atom.